The number of benzene rings is 2. The topological polar surface area (TPSA) is 24.1 Å². The second-order valence-electron chi connectivity index (χ2n) is 6.22. The van der Waals surface area contributed by atoms with Crippen LogP contribution in [0.4, 0.5) is 5.69 Å². The van der Waals surface area contributed by atoms with E-state index in [1.807, 2.05) is 7.05 Å². The van der Waals surface area contributed by atoms with Gasteiger partial charge in [0.15, 0.2) is 0 Å². The Balaban J connectivity index is 0.00000144. The minimum atomic E-state index is 0. The Morgan fingerprint density at radius 2 is 1.83 bits per heavy atom. The van der Waals surface area contributed by atoms with Crippen LogP contribution in [0.3, 0.4) is 0 Å². The molecule has 0 amide bonds. The van der Waals surface area contributed by atoms with Gasteiger partial charge < -0.3 is 10.6 Å². The van der Waals surface area contributed by atoms with Gasteiger partial charge in [0.05, 0.1) is 0 Å². The van der Waals surface area contributed by atoms with Gasteiger partial charge in [-0.1, -0.05) is 36.4 Å². The quantitative estimate of drug-likeness (QED) is 0.765. The molecule has 4 heteroatoms. The van der Waals surface area contributed by atoms with Gasteiger partial charge in [-0.2, -0.15) is 0 Å². The summed E-state index contributed by atoms with van der Waals surface area (Å²) in [7, 11) is 2.05. The molecule has 1 atom stereocenters. The molecular weight excluding hydrogens is 339 g/mol. The fraction of sp³-hybridized carbons (Fsp3) is 0.400. The first kappa shape index (κ1) is 20.8. The summed E-state index contributed by atoms with van der Waals surface area (Å²) in [6.45, 7) is 2.08. The van der Waals surface area contributed by atoms with Crippen molar-refractivity contribution in [3.05, 3.63) is 65.2 Å². The molecule has 0 heterocycles. The molecular formula is C20H28Cl2N2. The minimum absolute atomic E-state index is 0. The summed E-state index contributed by atoms with van der Waals surface area (Å²) in [5.74, 6) is 0.687. The lowest BCUT2D eigenvalue weighted by Gasteiger charge is -2.26. The van der Waals surface area contributed by atoms with Crippen LogP contribution >= 0.6 is 24.8 Å². The van der Waals surface area contributed by atoms with Crippen LogP contribution in [0.25, 0.3) is 0 Å². The fourth-order valence-corrected chi connectivity index (χ4v) is 3.48. The lowest BCUT2D eigenvalue weighted by Crippen LogP contribution is -2.21. The number of nitrogens with one attached hydrogen (secondary N) is 2. The number of hydrogen-bond acceptors (Lipinski definition) is 2. The molecule has 3 rings (SSSR count). The summed E-state index contributed by atoms with van der Waals surface area (Å²) in [6.07, 6.45) is 4.92. The molecule has 1 unspecified atom stereocenters. The fourth-order valence-electron chi connectivity index (χ4n) is 3.48. The smallest absolute Gasteiger partial charge is 0.0343 e. The van der Waals surface area contributed by atoms with E-state index in [-0.39, 0.29) is 24.8 Å². The molecule has 2 aromatic carbocycles. The summed E-state index contributed by atoms with van der Waals surface area (Å²) in [5, 5.41) is 6.90. The normalized spacial score (nSPS) is 15.6. The average molecular weight is 367 g/mol. The first-order valence-corrected chi connectivity index (χ1v) is 8.42. The molecule has 0 spiro atoms. The van der Waals surface area contributed by atoms with Crippen LogP contribution in [0, 0.1) is 0 Å². The van der Waals surface area contributed by atoms with Crippen LogP contribution in [0.2, 0.25) is 0 Å². The molecule has 0 saturated carbocycles. The van der Waals surface area contributed by atoms with Gasteiger partial charge in [-0.25, -0.2) is 0 Å². The van der Waals surface area contributed by atoms with E-state index in [2.05, 4.69) is 59.2 Å². The van der Waals surface area contributed by atoms with Crippen LogP contribution < -0.4 is 10.6 Å². The zero-order valence-electron chi connectivity index (χ0n) is 14.3. The van der Waals surface area contributed by atoms with Gasteiger partial charge in [0.25, 0.3) is 0 Å². The van der Waals surface area contributed by atoms with Gasteiger partial charge in [0.1, 0.15) is 0 Å². The van der Waals surface area contributed by atoms with E-state index in [0.717, 1.165) is 19.5 Å². The van der Waals surface area contributed by atoms with Gasteiger partial charge in [0.2, 0.25) is 0 Å². The van der Waals surface area contributed by atoms with Crippen molar-refractivity contribution in [1.82, 2.24) is 5.32 Å². The van der Waals surface area contributed by atoms with Crippen LogP contribution in [-0.4, -0.2) is 20.1 Å². The Morgan fingerprint density at radius 3 is 2.58 bits per heavy atom. The van der Waals surface area contributed by atoms with E-state index in [1.165, 1.54) is 36.1 Å². The maximum atomic E-state index is 3.57. The maximum Gasteiger partial charge on any atom is 0.0343 e. The summed E-state index contributed by atoms with van der Waals surface area (Å²) >= 11 is 0. The van der Waals surface area contributed by atoms with Gasteiger partial charge in [-0.3, -0.25) is 0 Å². The van der Waals surface area contributed by atoms with E-state index >= 15 is 0 Å². The molecule has 0 saturated heterocycles. The number of anilines is 1. The molecule has 0 aliphatic heterocycles. The van der Waals surface area contributed by atoms with Gasteiger partial charge >= 0.3 is 0 Å². The molecule has 0 radical (unpaired) electrons. The van der Waals surface area contributed by atoms with Crippen LogP contribution in [0.15, 0.2) is 48.5 Å². The largest absolute Gasteiger partial charge is 0.385 e. The zero-order chi connectivity index (χ0) is 15.2. The first-order chi connectivity index (χ1) is 10.9. The highest BCUT2D eigenvalue weighted by atomic mass is 35.5. The standard InChI is InChI=1S/C20H26N2.2ClH/c1-21-15-18-9-5-8-17-14-19(10-11-20(17)18)22-13-12-16-6-3-2-4-7-16;;/h2-4,6-7,10-11,14,18,21-22H,5,8-9,12-13,15H2,1H3;2*1H. The lowest BCUT2D eigenvalue weighted by molar-refractivity contribution is 0.529. The Morgan fingerprint density at radius 1 is 1.04 bits per heavy atom. The number of fused-ring (bicyclic) bond motifs is 1. The Labute approximate surface area is 158 Å². The second-order valence-corrected chi connectivity index (χ2v) is 6.22. The van der Waals surface area contributed by atoms with Crippen molar-refractivity contribution in [1.29, 1.82) is 0 Å². The molecule has 0 fully saturated rings. The number of likely N-dealkylation sites (N-methyl/N-ethyl adjacent to an activating group) is 1. The third kappa shape index (κ3) is 5.41. The summed E-state index contributed by atoms with van der Waals surface area (Å²) in [5.41, 5.74) is 5.74. The van der Waals surface area contributed by atoms with Gasteiger partial charge in [0, 0.05) is 18.8 Å². The highest BCUT2D eigenvalue weighted by molar-refractivity contribution is 5.85. The van der Waals surface area contributed by atoms with Crippen LogP contribution in [-0.2, 0) is 12.8 Å². The van der Waals surface area contributed by atoms with Crippen molar-refractivity contribution in [2.75, 3.05) is 25.5 Å². The first-order valence-electron chi connectivity index (χ1n) is 8.42. The number of hydrogen-bond donors (Lipinski definition) is 2. The summed E-state index contributed by atoms with van der Waals surface area (Å²) in [6, 6.07) is 17.6. The van der Waals surface area contributed by atoms with Crippen LogP contribution in [0.1, 0.15) is 35.4 Å². The molecule has 132 valence electrons. The highest BCUT2D eigenvalue weighted by Gasteiger charge is 2.19. The van der Waals surface area contributed by atoms with Crippen LogP contribution in [0.5, 0.6) is 0 Å². The summed E-state index contributed by atoms with van der Waals surface area (Å²) in [4.78, 5) is 0. The Kier molecular flexibility index (Phi) is 9.20. The third-order valence-electron chi connectivity index (χ3n) is 4.62. The van der Waals surface area contributed by atoms with Gasteiger partial charge in [-0.15, -0.1) is 24.8 Å². The summed E-state index contributed by atoms with van der Waals surface area (Å²) < 4.78 is 0. The molecule has 1 aliphatic carbocycles. The van der Waals surface area contributed by atoms with Gasteiger partial charge in [-0.05, 0) is 67.5 Å². The molecule has 2 N–H and O–H groups in total. The number of halogens is 2. The maximum absolute atomic E-state index is 3.57. The zero-order valence-corrected chi connectivity index (χ0v) is 15.9. The molecule has 0 aromatic heterocycles. The second kappa shape index (κ2) is 10.6. The highest BCUT2D eigenvalue weighted by Crippen LogP contribution is 2.32. The Bertz CT molecular complexity index is 602. The number of aryl methyl sites for hydroxylation is 1. The van der Waals surface area contributed by atoms with Crippen molar-refractivity contribution in [3.63, 3.8) is 0 Å². The predicted molar refractivity (Wildman–Crippen MR) is 109 cm³/mol. The van der Waals surface area contributed by atoms with E-state index in [4.69, 9.17) is 0 Å². The van der Waals surface area contributed by atoms with Crippen molar-refractivity contribution in [2.45, 2.75) is 31.6 Å². The van der Waals surface area contributed by atoms with E-state index < -0.39 is 0 Å². The monoisotopic (exact) mass is 366 g/mol. The minimum Gasteiger partial charge on any atom is -0.385 e. The lowest BCUT2D eigenvalue weighted by atomic mass is 9.82. The van der Waals surface area contributed by atoms with Crippen molar-refractivity contribution in [2.24, 2.45) is 0 Å². The van der Waals surface area contributed by atoms with Crippen molar-refractivity contribution in [3.8, 4) is 0 Å². The third-order valence-corrected chi connectivity index (χ3v) is 4.62. The molecule has 24 heavy (non-hydrogen) atoms. The number of rotatable bonds is 6. The average Bonchev–Trinajstić information content (AvgIpc) is 2.56. The molecule has 0 bridgehead atoms. The van der Waals surface area contributed by atoms with E-state index in [1.54, 1.807) is 5.56 Å². The predicted octanol–water partition coefficient (Wildman–Crippen LogP) is 4.82. The molecule has 2 aromatic rings. The van der Waals surface area contributed by atoms with E-state index in [9.17, 15) is 0 Å². The molecule has 1 aliphatic rings. The SMILES string of the molecule is CNCC1CCCc2cc(NCCc3ccccc3)ccc21.Cl.Cl. The Hall–Kier alpha value is -1.22. The van der Waals surface area contributed by atoms with Crippen molar-refractivity contribution >= 4 is 30.5 Å². The van der Waals surface area contributed by atoms with E-state index in [0.29, 0.717) is 5.92 Å². The van der Waals surface area contributed by atoms with Crippen molar-refractivity contribution < 1.29 is 0 Å². The molecule has 2 nitrogen and oxygen atoms in total.